The van der Waals surface area contributed by atoms with Crippen LogP contribution in [0.15, 0.2) is 0 Å². The van der Waals surface area contributed by atoms with E-state index in [1.54, 1.807) is 7.11 Å². The molecule has 0 amide bonds. The van der Waals surface area contributed by atoms with Gasteiger partial charge in [-0.1, -0.05) is 19.8 Å². The summed E-state index contributed by atoms with van der Waals surface area (Å²) >= 11 is 0. The summed E-state index contributed by atoms with van der Waals surface area (Å²) in [5, 5.41) is 9.16. The molecule has 0 saturated heterocycles. The minimum Gasteiger partial charge on any atom is -0.481 e. The highest BCUT2D eigenvalue weighted by atomic mass is 16.5. The predicted molar refractivity (Wildman–Crippen MR) is 49.6 cm³/mol. The highest BCUT2D eigenvalue weighted by molar-refractivity contribution is 5.75. The van der Waals surface area contributed by atoms with E-state index in [4.69, 9.17) is 9.84 Å². The van der Waals surface area contributed by atoms with Gasteiger partial charge in [-0.3, -0.25) is 4.79 Å². The normalized spacial score (nSPS) is 34.5. The number of rotatable bonds is 3. The molecule has 0 aromatic heterocycles. The maximum atomic E-state index is 11.1. The van der Waals surface area contributed by atoms with Crippen LogP contribution in [-0.2, 0) is 9.53 Å². The largest absolute Gasteiger partial charge is 0.481 e. The lowest BCUT2D eigenvalue weighted by molar-refractivity contribution is -0.156. The molecule has 0 bridgehead atoms. The molecule has 3 nitrogen and oxygen atoms in total. The maximum Gasteiger partial charge on any atom is 0.311 e. The third-order valence-corrected chi connectivity index (χ3v) is 2.97. The SMILES string of the molecule is COCC1(C(=O)O)CCCC(C)C1. The van der Waals surface area contributed by atoms with Gasteiger partial charge in [-0.15, -0.1) is 0 Å². The Balaban J connectivity index is 2.70. The molecule has 1 fully saturated rings. The predicted octanol–water partition coefficient (Wildman–Crippen LogP) is 1.91. The summed E-state index contributed by atoms with van der Waals surface area (Å²) in [6.07, 6.45) is 3.69. The molecule has 76 valence electrons. The highest BCUT2D eigenvalue weighted by Gasteiger charge is 2.41. The molecule has 1 aliphatic rings. The quantitative estimate of drug-likeness (QED) is 0.732. The second kappa shape index (κ2) is 4.09. The second-order valence-electron chi connectivity index (χ2n) is 4.22. The number of carbonyl (C=O) groups is 1. The number of aliphatic carboxylic acids is 1. The van der Waals surface area contributed by atoms with Gasteiger partial charge in [0.25, 0.3) is 0 Å². The Bertz CT molecular complexity index is 187. The fraction of sp³-hybridized carbons (Fsp3) is 0.900. The number of hydrogen-bond donors (Lipinski definition) is 1. The van der Waals surface area contributed by atoms with Crippen LogP contribution in [0.2, 0.25) is 0 Å². The zero-order valence-electron chi connectivity index (χ0n) is 8.38. The summed E-state index contributed by atoms with van der Waals surface area (Å²) < 4.78 is 5.01. The third kappa shape index (κ3) is 2.21. The third-order valence-electron chi connectivity index (χ3n) is 2.97. The summed E-state index contributed by atoms with van der Waals surface area (Å²) in [6, 6.07) is 0. The molecule has 0 spiro atoms. The van der Waals surface area contributed by atoms with E-state index in [1.807, 2.05) is 0 Å². The molecule has 0 heterocycles. The first-order chi connectivity index (χ1) is 6.10. The van der Waals surface area contributed by atoms with Gasteiger partial charge in [-0.25, -0.2) is 0 Å². The average molecular weight is 186 g/mol. The van der Waals surface area contributed by atoms with E-state index in [2.05, 4.69) is 6.92 Å². The van der Waals surface area contributed by atoms with Crippen molar-refractivity contribution in [2.45, 2.75) is 32.6 Å². The van der Waals surface area contributed by atoms with E-state index >= 15 is 0 Å². The van der Waals surface area contributed by atoms with E-state index in [9.17, 15) is 4.79 Å². The van der Waals surface area contributed by atoms with E-state index in [-0.39, 0.29) is 0 Å². The summed E-state index contributed by atoms with van der Waals surface area (Å²) in [5.41, 5.74) is -0.605. The van der Waals surface area contributed by atoms with Crippen LogP contribution >= 0.6 is 0 Å². The maximum absolute atomic E-state index is 11.1. The van der Waals surface area contributed by atoms with Gasteiger partial charge in [-0.05, 0) is 18.8 Å². The Labute approximate surface area is 79.1 Å². The Morgan fingerprint density at radius 3 is 2.85 bits per heavy atom. The standard InChI is InChI=1S/C10H18O3/c1-8-4-3-5-10(6-8,7-13-2)9(11)12/h8H,3-7H2,1-2H3,(H,11,12). The minimum absolute atomic E-state index is 0.354. The molecule has 1 saturated carbocycles. The van der Waals surface area contributed by atoms with Crippen molar-refractivity contribution in [3.8, 4) is 0 Å². The summed E-state index contributed by atoms with van der Waals surface area (Å²) in [4.78, 5) is 11.1. The fourth-order valence-electron chi connectivity index (χ4n) is 2.32. The van der Waals surface area contributed by atoms with Crippen LogP contribution in [0.4, 0.5) is 0 Å². The summed E-state index contributed by atoms with van der Waals surface area (Å²) in [5.74, 6) is -0.180. The van der Waals surface area contributed by atoms with E-state index in [0.717, 1.165) is 25.7 Å². The lowest BCUT2D eigenvalue weighted by Gasteiger charge is -2.35. The van der Waals surface area contributed by atoms with Crippen molar-refractivity contribution in [2.24, 2.45) is 11.3 Å². The molecule has 0 aromatic carbocycles. The molecule has 2 unspecified atom stereocenters. The van der Waals surface area contributed by atoms with Crippen molar-refractivity contribution in [3.63, 3.8) is 0 Å². The van der Waals surface area contributed by atoms with Crippen LogP contribution in [0.25, 0.3) is 0 Å². The Morgan fingerprint density at radius 1 is 1.69 bits per heavy atom. The monoisotopic (exact) mass is 186 g/mol. The lowest BCUT2D eigenvalue weighted by atomic mass is 9.70. The van der Waals surface area contributed by atoms with Crippen LogP contribution in [0.5, 0.6) is 0 Å². The van der Waals surface area contributed by atoms with Crippen molar-refractivity contribution in [3.05, 3.63) is 0 Å². The first-order valence-corrected chi connectivity index (χ1v) is 4.83. The van der Waals surface area contributed by atoms with Crippen molar-refractivity contribution in [2.75, 3.05) is 13.7 Å². The van der Waals surface area contributed by atoms with Crippen LogP contribution in [0.3, 0.4) is 0 Å². The number of hydrogen-bond acceptors (Lipinski definition) is 2. The van der Waals surface area contributed by atoms with Crippen molar-refractivity contribution >= 4 is 5.97 Å². The lowest BCUT2D eigenvalue weighted by Crippen LogP contribution is -2.39. The van der Waals surface area contributed by atoms with Crippen LogP contribution < -0.4 is 0 Å². The van der Waals surface area contributed by atoms with Crippen LogP contribution in [-0.4, -0.2) is 24.8 Å². The second-order valence-corrected chi connectivity index (χ2v) is 4.22. The van der Waals surface area contributed by atoms with Gasteiger partial charge in [0.1, 0.15) is 0 Å². The van der Waals surface area contributed by atoms with Gasteiger partial charge in [0.05, 0.1) is 12.0 Å². The summed E-state index contributed by atoms with van der Waals surface area (Å²) in [7, 11) is 1.57. The van der Waals surface area contributed by atoms with Crippen LogP contribution in [0, 0.1) is 11.3 Å². The molecule has 0 radical (unpaired) electrons. The number of ether oxygens (including phenoxy) is 1. The number of carboxylic acid groups (broad SMARTS) is 1. The molecule has 1 rings (SSSR count). The minimum atomic E-state index is -0.694. The van der Waals surface area contributed by atoms with Gasteiger partial charge in [0.15, 0.2) is 0 Å². The number of methoxy groups -OCH3 is 1. The van der Waals surface area contributed by atoms with Gasteiger partial charge in [-0.2, -0.15) is 0 Å². The van der Waals surface area contributed by atoms with Crippen molar-refractivity contribution < 1.29 is 14.6 Å². The van der Waals surface area contributed by atoms with E-state index in [1.165, 1.54) is 0 Å². The van der Waals surface area contributed by atoms with Gasteiger partial charge in [0.2, 0.25) is 0 Å². The van der Waals surface area contributed by atoms with Crippen LogP contribution in [0.1, 0.15) is 32.6 Å². The summed E-state index contributed by atoms with van der Waals surface area (Å²) in [6.45, 7) is 2.47. The molecule has 0 aromatic rings. The highest BCUT2D eigenvalue weighted by Crippen LogP contribution is 2.39. The molecule has 2 atom stereocenters. The Hall–Kier alpha value is -0.570. The van der Waals surface area contributed by atoms with E-state index < -0.39 is 11.4 Å². The smallest absolute Gasteiger partial charge is 0.311 e. The van der Waals surface area contributed by atoms with E-state index in [0.29, 0.717) is 12.5 Å². The van der Waals surface area contributed by atoms with Gasteiger partial charge < -0.3 is 9.84 Å². The average Bonchev–Trinajstić information content (AvgIpc) is 2.04. The Morgan fingerprint density at radius 2 is 2.38 bits per heavy atom. The van der Waals surface area contributed by atoms with Crippen molar-refractivity contribution in [1.29, 1.82) is 0 Å². The zero-order valence-corrected chi connectivity index (χ0v) is 8.38. The first kappa shape index (κ1) is 10.5. The molecular weight excluding hydrogens is 168 g/mol. The molecule has 13 heavy (non-hydrogen) atoms. The molecule has 1 aliphatic carbocycles. The van der Waals surface area contributed by atoms with Gasteiger partial charge >= 0.3 is 5.97 Å². The van der Waals surface area contributed by atoms with Crippen molar-refractivity contribution in [1.82, 2.24) is 0 Å². The topological polar surface area (TPSA) is 46.5 Å². The zero-order chi connectivity index (χ0) is 9.90. The fourth-order valence-corrected chi connectivity index (χ4v) is 2.32. The molecule has 3 heteroatoms. The molecular formula is C10H18O3. The van der Waals surface area contributed by atoms with Gasteiger partial charge in [0, 0.05) is 7.11 Å². The molecule has 0 aliphatic heterocycles. The Kier molecular flexibility index (Phi) is 3.31. The number of carboxylic acids is 1. The first-order valence-electron chi connectivity index (χ1n) is 4.83. The molecule has 1 N–H and O–H groups in total.